The first-order valence-corrected chi connectivity index (χ1v) is 8.47. The Labute approximate surface area is 150 Å². The van der Waals surface area contributed by atoms with Gasteiger partial charge in [-0.25, -0.2) is 0 Å². The molecule has 136 valence electrons. The lowest BCUT2D eigenvalue weighted by Crippen LogP contribution is -2.45. The van der Waals surface area contributed by atoms with Crippen LogP contribution in [-0.2, 0) is 4.74 Å². The summed E-state index contributed by atoms with van der Waals surface area (Å²) in [6.07, 6.45) is 6.08. The van der Waals surface area contributed by atoms with Crippen LogP contribution in [-0.4, -0.2) is 38.8 Å². The van der Waals surface area contributed by atoms with Crippen LogP contribution in [0.5, 0.6) is 5.75 Å². The summed E-state index contributed by atoms with van der Waals surface area (Å²) in [5.74, 6) is 1.10. The SMILES string of the molecule is COCCOc1cccc(C(=O)NC(CN)C2CCCCC2)c1.Cl. The van der Waals surface area contributed by atoms with Gasteiger partial charge in [-0.3, -0.25) is 4.79 Å². The number of carbonyl (C=O) groups excluding carboxylic acids is 1. The van der Waals surface area contributed by atoms with Gasteiger partial charge in [-0.1, -0.05) is 25.3 Å². The number of halogens is 1. The van der Waals surface area contributed by atoms with Crippen molar-refractivity contribution in [3.8, 4) is 5.75 Å². The van der Waals surface area contributed by atoms with Crippen LogP contribution in [0, 0.1) is 5.92 Å². The minimum atomic E-state index is -0.0804. The van der Waals surface area contributed by atoms with E-state index < -0.39 is 0 Å². The standard InChI is InChI=1S/C18H28N2O3.ClH/c1-22-10-11-23-16-9-5-8-15(12-16)18(21)20-17(13-19)14-6-3-2-4-7-14;/h5,8-9,12,14,17H,2-4,6-7,10-11,13,19H2,1H3,(H,20,21);1H. The lowest BCUT2D eigenvalue weighted by atomic mass is 9.84. The van der Waals surface area contributed by atoms with Gasteiger partial charge in [0.25, 0.3) is 5.91 Å². The predicted octanol–water partition coefficient (Wildman–Crippen LogP) is 2.77. The Morgan fingerprint density at radius 2 is 2.04 bits per heavy atom. The van der Waals surface area contributed by atoms with Gasteiger partial charge in [0.1, 0.15) is 12.4 Å². The van der Waals surface area contributed by atoms with Gasteiger partial charge in [0.15, 0.2) is 0 Å². The van der Waals surface area contributed by atoms with Gasteiger partial charge in [0, 0.05) is 25.3 Å². The molecule has 0 aromatic heterocycles. The van der Waals surface area contributed by atoms with E-state index in [0.29, 0.717) is 37.0 Å². The molecule has 1 fully saturated rings. The zero-order valence-electron chi connectivity index (χ0n) is 14.3. The first kappa shape index (κ1) is 20.7. The van der Waals surface area contributed by atoms with Crippen LogP contribution >= 0.6 is 12.4 Å². The molecule has 0 aliphatic heterocycles. The van der Waals surface area contributed by atoms with Gasteiger partial charge in [-0.2, -0.15) is 0 Å². The molecule has 1 atom stereocenters. The van der Waals surface area contributed by atoms with Crippen molar-refractivity contribution in [1.29, 1.82) is 0 Å². The molecule has 0 spiro atoms. The van der Waals surface area contributed by atoms with Crippen molar-refractivity contribution in [3.63, 3.8) is 0 Å². The second-order valence-electron chi connectivity index (χ2n) is 6.08. The first-order chi connectivity index (χ1) is 11.2. The fourth-order valence-electron chi connectivity index (χ4n) is 3.13. The molecule has 5 nitrogen and oxygen atoms in total. The zero-order chi connectivity index (χ0) is 16.5. The Morgan fingerprint density at radius 1 is 1.29 bits per heavy atom. The molecule has 0 bridgehead atoms. The summed E-state index contributed by atoms with van der Waals surface area (Å²) >= 11 is 0. The monoisotopic (exact) mass is 356 g/mol. The third kappa shape index (κ3) is 6.30. The molecular formula is C18H29ClN2O3. The molecule has 0 radical (unpaired) electrons. The number of carbonyl (C=O) groups is 1. The Morgan fingerprint density at radius 3 is 2.71 bits per heavy atom. The van der Waals surface area contributed by atoms with Crippen LogP contribution in [0.4, 0.5) is 0 Å². The Balaban J connectivity index is 0.00000288. The number of rotatable bonds is 8. The highest BCUT2D eigenvalue weighted by Gasteiger charge is 2.24. The van der Waals surface area contributed by atoms with E-state index in [1.165, 1.54) is 19.3 Å². The molecule has 1 unspecified atom stereocenters. The van der Waals surface area contributed by atoms with Crippen LogP contribution < -0.4 is 15.8 Å². The molecule has 1 aromatic carbocycles. The minimum Gasteiger partial charge on any atom is -0.491 e. The number of methoxy groups -OCH3 is 1. The van der Waals surface area contributed by atoms with E-state index in [0.717, 1.165) is 12.8 Å². The number of ether oxygens (including phenoxy) is 2. The van der Waals surface area contributed by atoms with Gasteiger partial charge in [0.2, 0.25) is 0 Å². The molecule has 1 aliphatic carbocycles. The highest BCUT2D eigenvalue weighted by Crippen LogP contribution is 2.26. The molecular weight excluding hydrogens is 328 g/mol. The van der Waals surface area contributed by atoms with Crippen LogP contribution in [0.15, 0.2) is 24.3 Å². The summed E-state index contributed by atoms with van der Waals surface area (Å²) in [7, 11) is 1.63. The van der Waals surface area contributed by atoms with Crippen molar-refractivity contribution in [2.75, 3.05) is 26.9 Å². The van der Waals surface area contributed by atoms with E-state index in [2.05, 4.69) is 5.32 Å². The van der Waals surface area contributed by atoms with Gasteiger partial charge in [-0.05, 0) is 37.0 Å². The highest BCUT2D eigenvalue weighted by molar-refractivity contribution is 5.94. The zero-order valence-corrected chi connectivity index (χ0v) is 15.1. The lowest BCUT2D eigenvalue weighted by Gasteiger charge is -2.30. The molecule has 1 aliphatic rings. The molecule has 3 N–H and O–H groups in total. The van der Waals surface area contributed by atoms with E-state index >= 15 is 0 Å². The highest BCUT2D eigenvalue weighted by atomic mass is 35.5. The van der Waals surface area contributed by atoms with Crippen LogP contribution in [0.3, 0.4) is 0 Å². The van der Waals surface area contributed by atoms with E-state index in [1.54, 1.807) is 19.2 Å². The molecule has 1 amide bonds. The number of hydrogen-bond acceptors (Lipinski definition) is 4. The quantitative estimate of drug-likeness (QED) is 0.702. The summed E-state index contributed by atoms with van der Waals surface area (Å²) < 4.78 is 10.5. The number of nitrogens with two attached hydrogens (primary N) is 1. The molecule has 1 saturated carbocycles. The summed E-state index contributed by atoms with van der Waals surface area (Å²) in [6, 6.07) is 7.29. The van der Waals surface area contributed by atoms with Gasteiger partial charge < -0.3 is 20.5 Å². The molecule has 0 saturated heterocycles. The van der Waals surface area contributed by atoms with Crippen molar-refractivity contribution in [2.24, 2.45) is 11.7 Å². The van der Waals surface area contributed by atoms with Crippen molar-refractivity contribution >= 4 is 18.3 Å². The van der Waals surface area contributed by atoms with Gasteiger partial charge >= 0.3 is 0 Å². The van der Waals surface area contributed by atoms with E-state index in [9.17, 15) is 4.79 Å². The van der Waals surface area contributed by atoms with Crippen LogP contribution in [0.25, 0.3) is 0 Å². The summed E-state index contributed by atoms with van der Waals surface area (Å²) in [5, 5.41) is 3.10. The normalized spacial score (nSPS) is 16.1. The summed E-state index contributed by atoms with van der Waals surface area (Å²) in [4.78, 5) is 12.5. The molecule has 1 aromatic rings. The van der Waals surface area contributed by atoms with Crippen molar-refractivity contribution in [3.05, 3.63) is 29.8 Å². The van der Waals surface area contributed by atoms with E-state index in [4.69, 9.17) is 15.2 Å². The molecule has 2 rings (SSSR count). The predicted molar refractivity (Wildman–Crippen MR) is 97.9 cm³/mol. The van der Waals surface area contributed by atoms with Crippen LogP contribution in [0.2, 0.25) is 0 Å². The first-order valence-electron chi connectivity index (χ1n) is 8.47. The Bertz CT molecular complexity index is 493. The largest absolute Gasteiger partial charge is 0.491 e. The smallest absolute Gasteiger partial charge is 0.251 e. The maximum atomic E-state index is 12.5. The van der Waals surface area contributed by atoms with Gasteiger partial charge in [-0.15, -0.1) is 12.4 Å². The third-order valence-corrected chi connectivity index (χ3v) is 4.44. The van der Waals surface area contributed by atoms with Crippen LogP contribution in [0.1, 0.15) is 42.5 Å². The molecule has 24 heavy (non-hydrogen) atoms. The van der Waals surface area contributed by atoms with E-state index in [1.807, 2.05) is 12.1 Å². The average Bonchev–Trinajstić information content (AvgIpc) is 2.60. The number of benzene rings is 1. The average molecular weight is 357 g/mol. The van der Waals surface area contributed by atoms with Gasteiger partial charge in [0.05, 0.1) is 6.61 Å². The van der Waals surface area contributed by atoms with E-state index in [-0.39, 0.29) is 24.4 Å². The van der Waals surface area contributed by atoms with Crippen molar-refractivity contribution in [1.82, 2.24) is 5.32 Å². The Hall–Kier alpha value is -1.30. The number of hydrogen-bond donors (Lipinski definition) is 2. The fraction of sp³-hybridized carbons (Fsp3) is 0.611. The topological polar surface area (TPSA) is 73.6 Å². The summed E-state index contributed by atoms with van der Waals surface area (Å²) in [5.41, 5.74) is 6.49. The van der Waals surface area contributed by atoms with Crippen molar-refractivity contribution < 1.29 is 14.3 Å². The fourth-order valence-corrected chi connectivity index (χ4v) is 3.13. The maximum absolute atomic E-state index is 12.5. The lowest BCUT2D eigenvalue weighted by molar-refractivity contribution is 0.0915. The number of amides is 1. The molecule has 6 heteroatoms. The summed E-state index contributed by atoms with van der Waals surface area (Å²) in [6.45, 7) is 1.48. The maximum Gasteiger partial charge on any atom is 0.251 e. The number of nitrogens with one attached hydrogen (secondary N) is 1. The minimum absolute atomic E-state index is 0. The van der Waals surface area contributed by atoms with Crippen molar-refractivity contribution in [2.45, 2.75) is 38.1 Å². The second kappa shape index (κ2) is 11.3. The Kier molecular flexibility index (Phi) is 9.76. The second-order valence-corrected chi connectivity index (χ2v) is 6.08. The third-order valence-electron chi connectivity index (χ3n) is 4.44. The molecule has 0 heterocycles.